The number of aliphatic hydroxyl groups is 1. The van der Waals surface area contributed by atoms with Crippen molar-refractivity contribution in [1.29, 1.82) is 0 Å². The molecule has 5 nitrogen and oxygen atoms in total. The number of anilines is 1. The molecule has 0 saturated heterocycles. The number of halogens is 1. The largest absolute Gasteiger partial charge is 0.394 e. The first kappa shape index (κ1) is 17.0. The van der Waals surface area contributed by atoms with Gasteiger partial charge >= 0.3 is 0 Å². The summed E-state index contributed by atoms with van der Waals surface area (Å²) >= 11 is 6.06. The minimum atomic E-state index is -0.538. The second-order valence-corrected chi connectivity index (χ2v) is 5.40. The van der Waals surface area contributed by atoms with Gasteiger partial charge in [0.2, 0.25) is 5.91 Å². The molecule has 0 fully saturated rings. The van der Waals surface area contributed by atoms with Crippen LogP contribution < -0.4 is 10.6 Å². The van der Waals surface area contributed by atoms with Gasteiger partial charge in [0.15, 0.2) is 0 Å². The molecule has 0 saturated carbocycles. The van der Waals surface area contributed by atoms with Crippen LogP contribution in [0.2, 0.25) is 5.02 Å². The van der Waals surface area contributed by atoms with Crippen molar-refractivity contribution in [2.75, 3.05) is 11.9 Å². The van der Waals surface area contributed by atoms with Crippen LogP contribution in [0.25, 0.3) is 0 Å². The van der Waals surface area contributed by atoms with Crippen LogP contribution in [0.1, 0.15) is 28.9 Å². The van der Waals surface area contributed by atoms with Gasteiger partial charge in [-0.15, -0.1) is 0 Å². The molecule has 0 aliphatic rings. The van der Waals surface area contributed by atoms with Crippen LogP contribution in [0.4, 0.5) is 5.69 Å². The van der Waals surface area contributed by atoms with E-state index in [-0.39, 0.29) is 23.1 Å². The third kappa shape index (κ3) is 4.55. The van der Waals surface area contributed by atoms with E-state index in [1.807, 2.05) is 30.3 Å². The fourth-order valence-electron chi connectivity index (χ4n) is 2.14. The van der Waals surface area contributed by atoms with Gasteiger partial charge in [-0.3, -0.25) is 9.59 Å². The second-order valence-electron chi connectivity index (χ2n) is 5.00. The Labute approximate surface area is 139 Å². The lowest BCUT2D eigenvalue weighted by Crippen LogP contribution is -2.31. The van der Waals surface area contributed by atoms with E-state index in [0.717, 1.165) is 5.56 Å². The Morgan fingerprint density at radius 3 is 2.48 bits per heavy atom. The van der Waals surface area contributed by atoms with Gasteiger partial charge in [0.1, 0.15) is 0 Å². The predicted molar refractivity (Wildman–Crippen MR) is 89.5 cm³/mol. The molecule has 23 heavy (non-hydrogen) atoms. The van der Waals surface area contributed by atoms with Crippen LogP contribution in [0.15, 0.2) is 48.5 Å². The number of hydrogen-bond acceptors (Lipinski definition) is 3. The first-order chi connectivity index (χ1) is 11.0. The fourth-order valence-corrected chi connectivity index (χ4v) is 2.34. The highest BCUT2D eigenvalue weighted by Gasteiger charge is 2.17. The lowest BCUT2D eigenvalue weighted by molar-refractivity contribution is -0.114. The molecule has 1 atom stereocenters. The van der Waals surface area contributed by atoms with E-state index in [0.29, 0.717) is 5.69 Å². The zero-order valence-electron chi connectivity index (χ0n) is 12.5. The summed E-state index contributed by atoms with van der Waals surface area (Å²) < 4.78 is 0. The fraction of sp³-hybridized carbons (Fsp3) is 0.176. The molecule has 3 N–H and O–H groups in total. The molecule has 0 aliphatic carbocycles. The SMILES string of the molecule is CC(=O)Nc1ccc(Cl)c(C(=O)N[C@@H](CO)c2ccccc2)c1. The minimum Gasteiger partial charge on any atom is -0.394 e. The number of nitrogens with one attached hydrogen (secondary N) is 2. The summed E-state index contributed by atoms with van der Waals surface area (Å²) in [7, 11) is 0. The monoisotopic (exact) mass is 332 g/mol. The lowest BCUT2D eigenvalue weighted by Gasteiger charge is -2.17. The van der Waals surface area contributed by atoms with Gasteiger partial charge in [0.25, 0.3) is 5.91 Å². The number of hydrogen-bond donors (Lipinski definition) is 3. The molecule has 0 heterocycles. The van der Waals surface area contributed by atoms with Crippen LogP contribution in [0.5, 0.6) is 0 Å². The molecular weight excluding hydrogens is 316 g/mol. The van der Waals surface area contributed by atoms with Crippen LogP contribution in [-0.2, 0) is 4.79 Å². The van der Waals surface area contributed by atoms with Crippen LogP contribution in [0, 0.1) is 0 Å². The topological polar surface area (TPSA) is 78.4 Å². The summed E-state index contributed by atoms with van der Waals surface area (Å²) in [6.45, 7) is 1.14. The molecule has 6 heteroatoms. The average Bonchev–Trinajstić information content (AvgIpc) is 2.54. The van der Waals surface area contributed by atoms with Gasteiger partial charge in [0, 0.05) is 12.6 Å². The number of aliphatic hydroxyl groups excluding tert-OH is 1. The van der Waals surface area contributed by atoms with E-state index in [4.69, 9.17) is 11.6 Å². The first-order valence-corrected chi connectivity index (χ1v) is 7.43. The highest BCUT2D eigenvalue weighted by atomic mass is 35.5. The van der Waals surface area contributed by atoms with E-state index < -0.39 is 11.9 Å². The Morgan fingerprint density at radius 2 is 1.87 bits per heavy atom. The van der Waals surface area contributed by atoms with Gasteiger partial charge in [-0.25, -0.2) is 0 Å². The number of rotatable bonds is 5. The number of benzene rings is 2. The van der Waals surface area contributed by atoms with E-state index in [1.165, 1.54) is 19.1 Å². The molecule has 0 aliphatic heterocycles. The Morgan fingerprint density at radius 1 is 1.17 bits per heavy atom. The summed E-state index contributed by atoms with van der Waals surface area (Å²) in [5.74, 6) is -0.665. The maximum Gasteiger partial charge on any atom is 0.253 e. The molecule has 0 unspecified atom stereocenters. The summed E-state index contributed by atoms with van der Waals surface area (Å²) in [6.07, 6.45) is 0. The third-order valence-electron chi connectivity index (χ3n) is 3.22. The van der Waals surface area contributed by atoms with Crippen molar-refractivity contribution in [2.24, 2.45) is 0 Å². The average molecular weight is 333 g/mol. The highest BCUT2D eigenvalue weighted by molar-refractivity contribution is 6.34. The number of carbonyl (C=O) groups excluding carboxylic acids is 2. The van der Waals surface area contributed by atoms with Crippen molar-refractivity contribution in [1.82, 2.24) is 5.32 Å². The second kappa shape index (κ2) is 7.76. The summed E-state index contributed by atoms with van der Waals surface area (Å²) in [5.41, 5.74) is 1.50. The van der Waals surface area contributed by atoms with Gasteiger partial charge in [-0.2, -0.15) is 0 Å². The Balaban J connectivity index is 2.21. The third-order valence-corrected chi connectivity index (χ3v) is 3.55. The van der Waals surface area contributed by atoms with Crippen molar-refractivity contribution in [2.45, 2.75) is 13.0 Å². The van der Waals surface area contributed by atoms with Crippen molar-refractivity contribution in [3.63, 3.8) is 0 Å². The molecule has 0 bridgehead atoms. The van der Waals surface area contributed by atoms with Gasteiger partial charge in [-0.05, 0) is 23.8 Å². The Hall–Kier alpha value is -2.37. The molecule has 2 amide bonds. The summed E-state index contributed by atoms with van der Waals surface area (Å²) in [6, 6.07) is 13.3. The molecule has 120 valence electrons. The van der Waals surface area contributed by atoms with Crippen LogP contribution in [0.3, 0.4) is 0 Å². The zero-order valence-corrected chi connectivity index (χ0v) is 13.3. The maximum absolute atomic E-state index is 12.4. The molecule has 0 radical (unpaired) electrons. The molecule has 2 aromatic rings. The molecule has 2 aromatic carbocycles. The number of amides is 2. The van der Waals surface area contributed by atoms with Crippen LogP contribution >= 0.6 is 11.6 Å². The smallest absolute Gasteiger partial charge is 0.253 e. The summed E-state index contributed by atoms with van der Waals surface area (Å²) in [5, 5.41) is 15.1. The van der Waals surface area contributed by atoms with Gasteiger partial charge in [-0.1, -0.05) is 41.9 Å². The number of carbonyl (C=O) groups is 2. The Kier molecular flexibility index (Phi) is 5.73. The summed E-state index contributed by atoms with van der Waals surface area (Å²) in [4.78, 5) is 23.5. The Bertz CT molecular complexity index is 704. The molecule has 2 rings (SSSR count). The maximum atomic E-state index is 12.4. The van der Waals surface area contributed by atoms with E-state index in [2.05, 4.69) is 10.6 Å². The first-order valence-electron chi connectivity index (χ1n) is 7.05. The zero-order chi connectivity index (χ0) is 16.8. The highest BCUT2D eigenvalue weighted by Crippen LogP contribution is 2.22. The van der Waals surface area contributed by atoms with Crippen molar-refractivity contribution in [3.8, 4) is 0 Å². The quantitative estimate of drug-likeness (QED) is 0.787. The van der Waals surface area contributed by atoms with Gasteiger partial charge in [0.05, 0.1) is 23.2 Å². The van der Waals surface area contributed by atoms with E-state index in [9.17, 15) is 14.7 Å². The van der Waals surface area contributed by atoms with E-state index in [1.54, 1.807) is 6.07 Å². The predicted octanol–water partition coefficient (Wildman–Crippen LogP) is 2.76. The minimum absolute atomic E-state index is 0.229. The van der Waals surface area contributed by atoms with Crippen molar-refractivity contribution < 1.29 is 14.7 Å². The van der Waals surface area contributed by atoms with Crippen LogP contribution in [-0.4, -0.2) is 23.5 Å². The van der Waals surface area contributed by atoms with E-state index >= 15 is 0 Å². The lowest BCUT2D eigenvalue weighted by atomic mass is 10.1. The molecule has 0 aromatic heterocycles. The van der Waals surface area contributed by atoms with Gasteiger partial charge < -0.3 is 15.7 Å². The normalized spacial score (nSPS) is 11.6. The molecule has 0 spiro atoms. The van der Waals surface area contributed by atoms with Crippen molar-refractivity contribution >= 4 is 29.1 Å². The van der Waals surface area contributed by atoms with Crippen molar-refractivity contribution in [3.05, 3.63) is 64.7 Å². The molecular formula is C17H17ClN2O3. The standard InChI is InChI=1S/C17H17ClN2O3/c1-11(22)19-13-7-8-15(18)14(9-13)17(23)20-16(10-21)12-5-3-2-4-6-12/h2-9,16,21H,10H2,1H3,(H,19,22)(H,20,23)/t16-/m0/s1.